The van der Waals surface area contributed by atoms with E-state index in [1.807, 2.05) is 20.8 Å². The molecule has 1 heterocycles. The number of carbonyl (C=O) groups is 3. The first-order valence-electron chi connectivity index (χ1n) is 10.6. The normalized spacial score (nSPS) is 15.0. The molecule has 1 aliphatic heterocycles. The number of nitrogens with zero attached hydrogens (tertiary/aromatic N) is 1. The van der Waals surface area contributed by atoms with Crippen molar-refractivity contribution >= 4 is 41.2 Å². The van der Waals surface area contributed by atoms with Crippen molar-refractivity contribution in [2.45, 2.75) is 27.2 Å². The van der Waals surface area contributed by atoms with Gasteiger partial charge in [0.15, 0.2) is 11.5 Å². The Hall–Kier alpha value is -3.52. The maximum atomic E-state index is 13.1. The van der Waals surface area contributed by atoms with Crippen molar-refractivity contribution in [2.24, 2.45) is 0 Å². The Morgan fingerprint density at radius 2 is 1.67 bits per heavy atom. The molecule has 0 aromatic heterocycles. The van der Waals surface area contributed by atoms with Crippen molar-refractivity contribution in [3.8, 4) is 17.2 Å². The van der Waals surface area contributed by atoms with Gasteiger partial charge in [-0.1, -0.05) is 18.5 Å². The van der Waals surface area contributed by atoms with Gasteiger partial charge >= 0.3 is 6.03 Å². The predicted molar refractivity (Wildman–Crippen MR) is 125 cm³/mol. The van der Waals surface area contributed by atoms with Crippen LogP contribution in [0.2, 0.25) is 5.02 Å². The van der Waals surface area contributed by atoms with Gasteiger partial charge in [-0.2, -0.15) is 0 Å². The molecule has 0 bridgehead atoms. The van der Waals surface area contributed by atoms with Crippen molar-refractivity contribution in [2.75, 3.05) is 24.7 Å². The van der Waals surface area contributed by atoms with E-state index < -0.39 is 17.8 Å². The molecule has 0 unspecified atom stereocenters. The van der Waals surface area contributed by atoms with E-state index in [-0.39, 0.29) is 10.6 Å². The molecule has 2 aromatic carbocycles. The van der Waals surface area contributed by atoms with Crippen LogP contribution in [0.3, 0.4) is 0 Å². The molecule has 33 heavy (non-hydrogen) atoms. The van der Waals surface area contributed by atoms with Gasteiger partial charge in [0.25, 0.3) is 11.8 Å². The van der Waals surface area contributed by atoms with Crippen LogP contribution in [0.4, 0.5) is 10.5 Å². The van der Waals surface area contributed by atoms with Crippen LogP contribution in [0, 0.1) is 0 Å². The van der Waals surface area contributed by atoms with Crippen molar-refractivity contribution in [3.63, 3.8) is 0 Å². The molecule has 1 N–H and O–H groups in total. The predicted octanol–water partition coefficient (Wildman–Crippen LogP) is 4.59. The maximum absolute atomic E-state index is 13.1. The Morgan fingerprint density at radius 3 is 2.30 bits per heavy atom. The molecule has 1 fully saturated rings. The number of rotatable bonds is 9. The minimum absolute atomic E-state index is 0.219. The van der Waals surface area contributed by atoms with Crippen LogP contribution in [-0.2, 0) is 9.59 Å². The van der Waals surface area contributed by atoms with E-state index in [4.69, 9.17) is 25.8 Å². The number of ether oxygens (including phenoxy) is 3. The second kappa shape index (κ2) is 10.9. The summed E-state index contributed by atoms with van der Waals surface area (Å²) < 4.78 is 16.7. The number of nitrogens with one attached hydrogen (secondary N) is 1. The van der Waals surface area contributed by atoms with Crippen LogP contribution >= 0.6 is 11.6 Å². The highest BCUT2D eigenvalue weighted by Gasteiger charge is 2.36. The second-order valence-electron chi connectivity index (χ2n) is 7.00. The van der Waals surface area contributed by atoms with Crippen LogP contribution in [0.15, 0.2) is 42.0 Å². The summed E-state index contributed by atoms with van der Waals surface area (Å²) in [5.74, 6) is -0.173. The molecular formula is C24H25ClN2O6. The van der Waals surface area contributed by atoms with Crippen LogP contribution in [0.5, 0.6) is 17.2 Å². The van der Waals surface area contributed by atoms with E-state index in [0.717, 1.165) is 11.3 Å². The first-order valence-corrected chi connectivity index (χ1v) is 11.0. The average molecular weight is 473 g/mol. The first kappa shape index (κ1) is 24.1. The number of halogens is 1. The smallest absolute Gasteiger partial charge is 0.335 e. The molecule has 1 saturated heterocycles. The monoisotopic (exact) mass is 472 g/mol. The fourth-order valence-corrected chi connectivity index (χ4v) is 3.46. The zero-order chi connectivity index (χ0) is 24.0. The van der Waals surface area contributed by atoms with E-state index in [0.29, 0.717) is 48.3 Å². The Bertz CT molecular complexity index is 1080. The number of barbiturate groups is 1. The lowest BCUT2D eigenvalue weighted by Crippen LogP contribution is -2.54. The van der Waals surface area contributed by atoms with E-state index in [1.54, 1.807) is 36.4 Å². The summed E-state index contributed by atoms with van der Waals surface area (Å²) in [5, 5.41) is 2.47. The summed E-state index contributed by atoms with van der Waals surface area (Å²) in [6.07, 6.45) is 2.21. The van der Waals surface area contributed by atoms with E-state index in [1.165, 1.54) is 6.08 Å². The zero-order valence-corrected chi connectivity index (χ0v) is 19.4. The molecule has 2 aromatic rings. The maximum Gasteiger partial charge on any atom is 0.335 e. The van der Waals surface area contributed by atoms with Crippen LogP contribution in [0.1, 0.15) is 32.8 Å². The minimum atomic E-state index is -0.830. The molecule has 4 amide bonds. The van der Waals surface area contributed by atoms with Crippen molar-refractivity contribution in [1.82, 2.24) is 5.32 Å². The summed E-state index contributed by atoms with van der Waals surface area (Å²) in [6.45, 7) is 6.94. The summed E-state index contributed by atoms with van der Waals surface area (Å²) >= 11 is 6.34. The van der Waals surface area contributed by atoms with E-state index >= 15 is 0 Å². The Kier molecular flexibility index (Phi) is 7.95. The number of amides is 4. The standard InChI is InChI=1S/C24H25ClN2O6/c1-4-11-33-17-9-7-16(8-10-17)27-23(29)18(22(28)26-24(27)30)12-15-13-19(25)21(32-6-3)20(14-15)31-5-2/h7-10,12-14H,4-6,11H2,1-3H3,(H,26,28,30)/b18-12-. The van der Waals surface area contributed by atoms with Crippen molar-refractivity contribution in [3.05, 3.63) is 52.6 Å². The fourth-order valence-electron chi connectivity index (χ4n) is 3.19. The number of anilines is 1. The molecular weight excluding hydrogens is 448 g/mol. The third-order valence-electron chi connectivity index (χ3n) is 4.60. The van der Waals surface area contributed by atoms with Crippen LogP contribution in [-0.4, -0.2) is 37.7 Å². The molecule has 8 nitrogen and oxygen atoms in total. The van der Waals surface area contributed by atoms with Gasteiger partial charge in [0.05, 0.1) is 30.5 Å². The molecule has 3 rings (SSSR count). The summed E-state index contributed by atoms with van der Waals surface area (Å²) in [4.78, 5) is 38.9. The molecule has 0 saturated carbocycles. The molecule has 0 radical (unpaired) electrons. The molecule has 1 aliphatic rings. The van der Waals surface area contributed by atoms with Crippen molar-refractivity contribution < 1.29 is 28.6 Å². The molecule has 9 heteroatoms. The second-order valence-corrected chi connectivity index (χ2v) is 7.40. The molecule has 0 spiro atoms. The Balaban J connectivity index is 1.95. The molecule has 174 valence electrons. The SMILES string of the molecule is CCCOc1ccc(N2C(=O)NC(=O)/C(=C/c3cc(Cl)c(OCC)c(OCC)c3)C2=O)cc1. The van der Waals surface area contributed by atoms with Gasteiger partial charge in [-0.05, 0) is 68.3 Å². The van der Waals surface area contributed by atoms with Gasteiger partial charge in [-0.15, -0.1) is 0 Å². The average Bonchev–Trinajstić information content (AvgIpc) is 2.78. The first-order chi connectivity index (χ1) is 15.9. The summed E-state index contributed by atoms with van der Waals surface area (Å²) in [7, 11) is 0. The highest BCUT2D eigenvalue weighted by Crippen LogP contribution is 2.37. The molecule has 0 atom stereocenters. The van der Waals surface area contributed by atoms with E-state index in [9.17, 15) is 14.4 Å². The van der Waals surface area contributed by atoms with Gasteiger partial charge in [0.1, 0.15) is 11.3 Å². The number of imide groups is 2. The highest BCUT2D eigenvalue weighted by molar-refractivity contribution is 6.39. The van der Waals surface area contributed by atoms with Crippen molar-refractivity contribution in [1.29, 1.82) is 0 Å². The van der Waals surface area contributed by atoms with Crippen LogP contribution < -0.4 is 24.4 Å². The molecule has 0 aliphatic carbocycles. The number of hydrogen-bond acceptors (Lipinski definition) is 6. The fraction of sp³-hybridized carbons (Fsp3) is 0.292. The lowest BCUT2D eigenvalue weighted by Gasteiger charge is -2.26. The summed E-state index contributed by atoms with van der Waals surface area (Å²) in [6, 6.07) is 8.83. The Labute approximate surface area is 197 Å². The van der Waals surface area contributed by atoms with E-state index in [2.05, 4.69) is 5.32 Å². The number of benzene rings is 2. The summed E-state index contributed by atoms with van der Waals surface area (Å²) in [5.41, 5.74) is 0.533. The minimum Gasteiger partial charge on any atom is -0.494 e. The lowest BCUT2D eigenvalue weighted by atomic mass is 10.1. The van der Waals surface area contributed by atoms with Gasteiger partial charge in [-0.25, -0.2) is 9.69 Å². The third kappa shape index (κ3) is 5.46. The lowest BCUT2D eigenvalue weighted by molar-refractivity contribution is -0.122. The number of urea groups is 1. The zero-order valence-electron chi connectivity index (χ0n) is 18.6. The van der Waals surface area contributed by atoms with Gasteiger partial charge in [-0.3, -0.25) is 14.9 Å². The van der Waals surface area contributed by atoms with Crippen LogP contribution in [0.25, 0.3) is 6.08 Å². The topological polar surface area (TPSA) is 94.2 Å². The highest BCUT2D eigenvalue weighted by atomic mass is 35.5. The number of hydrogen-bond donors (Lipinski definition) is 1. The quantitative estimate of drug-likeness (QED) is 0.423. The number of carbonyl (C=O) groups excluding carboxylic acids is 3. The van der Waals surface area contributed by atoms with Gasteiger partial charge in [0.2, 0.25) is 0 Å². The Morgan fingerprint density at radius 1 is 0.970 bits per heavy atom. The van der Waals surface area contributed by atoms with Gasteiger partial charge < -0.3 is 14.2 Å². The third-order valence-corrected chi connectivity index (χ3v) is 4.88. The largest absolute Gasteiger partial charge is 0.494 e. The van der Waals surface area contributed by atoms with Gasteiger partial charge in [0, 0.05) is 0 Å².